The molecule has 0 fully saturated rings. The Kier molecular flexibility index (Phi) is 14.7. The summed E-state index contributed by atoms with van der Waals surface area (Å²) in [5, 5.41) is 8.35. The summed E-state index contributed by atoms with van der Waals surface area (Å²) in [5.74, 6) is 0. The Hall–Kier alpha value is 0.870. The van der Waals surface area contributed by atoms with E-state index in [-0.39, 0.29) is 29.6 Å². The fourth-order valence-electron chi connectivity index (χ4n) is 1.91. The molecule has 0 aromatic rings. The Balaban J connectivity index is 0. The average molecular weight is 302 g/mol. The van der Waals surface area contributed by atoms with Crippen molar-refractivity contribution in [3.63, 3.8) is 0 Å². The molecule has 0 aliphatic heterocycles. The van der Waals surface area contributed by atoms with Gasteiger partial charge in [0.1, 0.15) is 0 Å². The molecule has 0 rings (SSSR count). The molecule has 1 N–H and O–H groups in total. The maximum atomic E-state index is 10.7. The summed E-state index contributed by atoms with van der Waals surface area (Å²) in [6.07, 6.45) is 8.55. The van der Waals surface area contributed by atoms with Crippen LogP contribution in [0.25, 0.3) is 0 Å². The van der Waals surface area contributed by atoms with Crippen LogP contribution in [-0.4, -0.2) is 29.4 Å². The summed E-state index contributed by atoms with van der Waals surface area (Å²) >= 11 is 0. The van der Waals surface area contributed by atoms with Gasteiger partial charge in [-0.15, -0.1) is 0 Å². The summed E-state index contributed by atoms with van der Waals surface area (Å²) in [7, 11) is -4.36. The van der Waals surface area contributed by atoms with Crippen molar-refractivity contribution < 1.29 is 47.6 Å². The van der Waals surface area contributed by atoms with Gasteiger partial charge in [0.15, 0.2) is 0 Å². The number of rotatable bonds is 11. The van der Waals surface area contributed by atoms with Crippen LogP contribution >= 0.6 is 0 Å². The van der Waals surface area contributed by atoms with E-state index in [1.54, 1.807) is 0 Å². The van der Waals surface area contributed by atoms with E-state index in [9.17, 15) is 18.1 Å². The van der Waals surface area contributed by atoms with Crippen molar-refractivity contribution in [3.05, 3.63) is 0 Å². The van der Waals surface area contributed by atoms with Crippen molar-refractivity contribution in [1.82, 2.24) is 0 Å². The minimum absolute atomic E-state index is 0. The van der Waals surface area contributed by atoms with Gasteiger partial charge in [-0.1, -0.05) is 58.3 Å². The molecular weight excluding hydrogens is 275 g/mol. The third-order valence-corrected chi connectivity index (χ3v) is 4.58. The maximum Gasteiger partial charge on any atom is 1.00 e. The topological polar surface area (TPSA) is 77.4 Å². The molecule has 19 heavy (non-hydrogen) atoms. The van der Waals surface area contributed by atoms with Gasteiger partial charge in [-0.25, -0.2) is 8.42 Å². The molecule has 6 heteroatoms. The summed E-state index contributed by atoms with van der Waals surface area (Å²) in [6, 6.07) is 0. The van der Waals surface area contributed by atoms with Crippen molar-refractivity contribution in [1.29, 1.82) is 0 Å². The quantitative estimate of drug-likeness (QED) is 0.326. The van der Waals surface area contributed by atoms with Crippen molar-refractivity contribution in [2.75, 3.05) is 0 Å². The second-order valence-electron chi connectivity index (χ2n) is 5.03. The molecule has 110 valence electrons. The van der Waals surface area contributed by atoms with E-state index in [1.807, 2.05) is 0 Å². The van der Waals surface area contributed by atoms with Gasteiger partial charge in [0.05, 0.1) is 21.5 Å². The maximum absolute atomic E-state index is 10.7. The fourth-order valence-corrected chi connectivity index (χ4v) is 2.44. The van der Waals surface area contributed by atoms with E-state index in [4.69, 9.17) is 0 Å². The van der Waals surface area contributed by atoms with Gasteiger partial charge in [-0.3, -0.25) is 0 Å². The zero-order valence-electron chi connectivity index (χ0n) is 12.6. The molecule has 0 radical (unpaired) electrons. The number of hydrogen-bond donors (Lipinski definition) is 1. The summed E-state index contributed by atoms with van der Waals surface area (Å²) in [5.41, 5.74) is 0. The van der Waals surface area contributed by atoms with Gasteiger partial charge in [0, 0.05) is 0 Å². The summed E-state index contributed by atoms with van der Waals surface area (Å²) < 4.78 is 32.1. The van der Waals surface area contributed by atoms with Crippen LogP contribution in [0.5, 0.6) is 0 Å². The van der Waals surface area contributed by atoms with Gasteiger partial charge < -0.3 is 9.66 Å². The standard InChI is InChI=1S/C13H28O4S.Na/c1-3-4-5-6-7-8-9-10-11-13(14)12(2)18(15,16)17;/h12-14H,3-11H2,1-2H3,(H,15,16,17);/q;+1/p-1. The Morgan fingerprint density at radius 2 is 1.42 bits per heavy atom. The van der Waals surface area contributed by atoms with E-state index in [0.717, 1.165) is 19.3 Å². The molecule has 0 spiro atoms. The first kappa shape index (κ1) is 22.2. The van der Waals surface area contributed by atoms with Crippen molar-refractivity contribution in [2.24, 2.45) is 0 Å². The molecule has 0 amide bonds. The number of unbranched alkanes of at least 4 members (excludes halogenated alkanes) is 7. The molecule has 2 atom stereocenters. The normalized spacial score (nSPS) is 14.7. The Morgan fingerprint density at radius 1 is 1.00 bits per heavy atom. The van der Waals surface area contributed by atoms with Gasteiger partial charge >= 0.3 is 29.6 Å². The van der Waals surface area contributed by atoms with E-state index < -0.39 is 21.5 Å². The zero-order valence-corrected chi connectivity index (χ0v) is 15.4. The summed E-state index contributed by atoms with van der Waals surface area (Å²) in [6.45, 7) is 3.46. The van der Waals surface area contributed by atoms with Gasteiger partial charge in [0.2, 0.25) is 0 Å². The van der Waals surface area contributed by atoms with Crippen LogP contribution in [0.4, 0.5) is 0 Å². The molecular formula is C13H27NaO4S. The van der Waals surface area contributed by atoms with Crippen LogP contribution in [-0.2, 0) is 10.1 Å². The van der Waals surface area contributed by atoms with Crippen LogP contribution in [0, 0.1) is 0 Å². The molecule has 4 nitrogen and oxygen atoms in total. The monoisotopic (exact) mass is 302 g/mol. The van der Waals surface area contributed by atoms with Crippen LogP contribution in [0.2, 0.25) is 0 Å². The minimum Gasteiger partial charge on any atom is -0.748 e. The summed E-state index contributed by atoms with van der Waals surface area (Å²) in [4.78, 5) is 0. The second kappa shape index (κ2) is 12.6. The van der Waals surface area contributed by atoms with Gasteiger partial charge in [-0.2, -0.15) is 0 Å². The predicted molar refractivity (Wildman–Crippen MR) is 72.4 cm³/mol. The Morgan fingerprint density at radius 3 is 1.84 bits per heavy atom. The van der Waals surface area contributed by atoms with Crippen molar-refractivity contribution >= 4 is 10.1 Å². The van der Waals surface area contributed by atoms with Crippen molar-refractivity contribution in [2.45, 2.75) is 83.0 Å². The second-order valence-corrected chi connectivity index (χ2v) is 6.76. The van der Waals surface area contributed by atoms with Crippen LogP contribution in [0.1, 0.15) is 71.6 Å². The Labute approximate surface area is 140 Å². The van der Waals surface area contributed by atoms with Crippen LogP contribution in [0.3, 0.4) is 0 Å². The smallest absolute Gasteiger partial charge is 0.748 e. The first-order chi connectivity index (χ1) is 8.39. The van der Waals surface area contributed by atoms with Crippen LogP contribution < -0.4 is 29.6 Å². The van der Waals surface area contributed by atoms with Gasteiger partial charge in [0.25, 0.3) is 0 Å². The molecule has 0 aliphatic rings. The third-order valence-electron chi connectivity index (χ3n) is 3.35. The number of hydrogen-bond acceptors (Lipinski definition) is 4. The first-order valence-electron chi connectivity index (χ1n) is 7.02. The average Bonchev–Trinajstić information content (AvgIpc) is 2.30. The number of aliphatic hydroxyl groups excluding tert-OH is 1. The van der Waals surface area contributed by atoms with E-state index in [1.165, 1.54) is 39.0 Å². The molecule has 0 heterocycles. The van der Waals surface area contributed by atoms with E-state index >= 15 is 0 Å². The van der Waals surface area contributed by atoms with E-state index in [0.29, 0.717) is 6.42 Å². The third kappa shape index (κ3) is 12.3. The molecule has 2 unspecified atom stereocenters. The molecule has 0 saturated heterocycles. The molecule has 0 aromatic carbocycles. The number of aliphatic hydroxyl groups is 1. The zero-order chi connectivity index (χ0) is 14.0. The predicted octanol–water partition coefficient (Wildman–Crippen LogP) is -0.184. The fraction of sp³-hybridized carbons (Fsp3) is 1.00. The molecule has 0 aliphatic carbocycles. The van der Waals surface area contributed by atoms with Crippen molar-refractivity contribution in [3.8, 4) is 0 Å². The van der Waals surface area contributed by atoms with Crippen LogP contribution in [0.15, 0.2) is 0 Å². The molecule has 0 saturated carbocycles. The Bertz CT molecular complexity index is 293. The SMILES string of the molecule is CCCCCCCCCCC(O)C(C)S(=O)(=O)[O-].[Na+]. The van der Waals surface area contributed by atoms with Gasteiger partial charge in [-0.05, 0) is 13.3 Å². The van der Waals surface area contributed by atoms with E-state index in [2.05, 4.69) is 6.92 Å². The minimum atomic E-state index is -4.36. The largest absolute Gasteiger partial charge is 1.00 e. The molecule has 0 bridgehead atoms. The molecule has 0 aromatic heterocycles. The first-order valence-corrected chi connectivity index (χ1v) is 8.49.